The van der Waals surface area contributed by atoms with Crippen molar-refractivity contribution in [2.75, 3.05) is 11.9 Å². The average molecular weight is 371 g/mol. The number of benzene rings is 2. The third-order valence-electron chi connectivity index (χ3n) is 3.70. The number of carbonyl (C=O) groups is 1. The number of aromatic nitrogens is 1. The highest BCUT2D eigenvalue weighted by Crippen LogP contribution is 2.29. The van der Waals surface area contributed by atoms with Crippen molar-refractivity contribution in [2.45, 2.75) is 19.8 Å². The van der Waals surface area contributed by atoms with E-state index in [4.69, 9.17) is 4.74 Å². The number of nitro benzene ring substituents is 1. The Balaban J connectivity index is 1.59. The molecule has 0 saturated carbocycles. The molecule has 3 rings (SSSR count). The number of amides is 1. The molecule has 8 heteroatoms. The van der Waals surface area contributed by atoms with Gasteiger partial charge in [0.25, 0.3) is 5.69 Å². The molecular weight excluding hydrogens is 354 g/mol. The number of carbonyl (C=O) groups excluding carboxylic acids is 1. The van der Waals surface area contributed by atoms with Crippen LogP contribution in [-0.4, -0.2) is 22.4 Å². The number of nitrogens with one attached hydrogen (secondary N) is 1. The summed E-state index contributed by atoms with van der Waals surface area (Å²) in [6.45, 7) is 2.55. The van der Waals surface area contributed by atoms with Gasteiger partial charge in [0.05, 0.1) is 21.7 Å². The molecule has 0 radical (unpaired) electrons. The second-order valence-electron chi connectivity index (χ2n) is 5.55. The summed E-state index contributed by atoms with van der Waals surface area (Å²) in [7, 11) is 0. The predicted molar refractivity (Wildman–Crippen MR) is 101 cm³/mol. The summed E-state index contributed by atoms with van der Waals surface area (Å²) in [4.78, 5) is 26.8. The zero-order valence-corrected chi connectivity index (χ0v) is 14.9. The fourth-order valence-corrected chi connectivity index (χ4v) is 3.35. The van der Waals surface area contributed by atoms with Crippen LogP contribution in [0.15, 0.2) is 42.5 Å². The van der Waals surface area contributed by atoms with Crippen molar-refractivity contribution in [2.24, 2.45) is 0 Å². The third kappa shape index (κ3) is 4.34. The van der Waals surface area contributed by atoms with Gasteiger partial charge in [0.1, 0.15) is 5.75 Å². The normalized spacial score (nSPS) is 10.7. The predicted octanol–water partition coefficient (Wildman–Crippen LogP) is 4.17. The van der Waals surface area contributed by atoms with Crippen LogP contribution in [0.3, 0.4) is 0 Å². The molecule has 1 aromatic heterocycles. The molecule has 1 amide bonds. The lowest BCUT2D eigenvalue weighted by Gasteiger charge is -2.05. The summed E-state index contributed by atoms with van der Waals surface area (Å²) in [5.41, 5.74) is 1.68. The van der Waals surface area contributed by atoms with E-state index in [9.17, 15) is 14.9 Å². The van der Waals surface area contributed by atoms with E-state index < -0.39 is 4.92 Å². The fourth-order valence-electron chi connectivity index (χ4n) is 2.44. The van der Waals surface area contributed by atoms with Gasteiger partial charge in [0, 0.05) is 18.6 Å². The van der Waals surface area contributed by atoms with Crippen LogP contribution in [0.25, 0.3) is 10.2 Å². The first-order chi connectivity index (χ1) is 12.5. The van der Waals surface area contributed by atoms with Crippen molar-refractivity contribution in [1.82, 2.24) is 4.98 Å². The minimum atomic E-state index is -0.450. The van der Waals surface area contributed by atoms with E-state index in [2.05, 4.69) is 10.3 Å². The van der Waals surface area contributed by atoms with Gasteiger partial charge in [-0.1, -0.05) is 23.5 Å². The molecule has 0 fully saturated rings. The number of anilines is 1. The van der Waals surface area contributed by atoms with Crippen LogP contribution in [0.1, 0.15) is 18.9 Å². The number of non-ortho nitro benzene ring substituents is 1. The number of fused-ring (bicyclic) bond motifs is 1. The minimum absolute atomic E-state index is 0.00882. The quantitative estimate of drug-likeness (QED) is 0.497. The summed E-state index contributed by atoms with van der Waals surface area (Å²) < 4.78 is 6.06. The molecule has 0 spiro atoms. The molecule has 2 aromatic carbocycles. The Labute approximate surface area is 153 Å². The number of hydrogen-bond acceptors (Lipinski definition) is 6. The summed E-state index contributed by atoms with van der Waals surface area (Å²) in [5.74, 6) is 0.664. The highest BCUT2D eigenvalue weighted by atomic mass is 32.1. The van der Waals surface area contributed by atoms with Crippen molar-refractivity contribution in [3.63, 3.8) is 0 Å². The van der Waals surface area contributed by atoms with Crippen LogP contribution < -0.4 is 10.1 Å². The molecule has 0 aliphatic carbocycles. The molecular formula is C18H17N3O4S. The van der Waals surface area contributed by atoms with Gasteiger partial charge in [0.2, 0.25) is 5.91 Å². The van der Waals surface area contributed by atoms with E-state index in [1.54, 1.807) is 6.07 Å². The standard InChI is InChI=1S/C18H17N3O4S/c1-2-25-14-7-3-12(4-8-14)5-10-17(22)20-18-19-15-9-6-13(21(23)24)11-16(15)26-18/h3-4,6-9,11H,2,5,10H2,1H3,(H,19,20,22). The molecule has 1 heterocycles. The first kappa shape index (κ1) is 17.8. The van der Waals surface area contributed by atoms with E-state index in [-0.39, 0.29) is 11.6 Å². The number of hydrogen-bond donors (Lipinski definition) is 1. The molecule has 3 aromatic rings. The van der Waals surface area contributed by atoms with Crippen LogP contribution >= 0.6 is 11.3 Å². The summed E-state index contributed by atoms with van der Waals surface area (Å²) in [6, 6.07) is 12.1. The molecule has 0 unspecified atom stereocenters. The van der Waals surface area contributed by atoms with Crippen LogP contribution in [0.2, 0.25) is 0 Å². The number of thiazole rings is 1. The van der Waals surface area contributed by atoms with Crippen molar-refractivity contribution >= 4 is 38.3 Å². The van der Waals surface area contributed by atoms with Crippen molar-refractivity contribution in [1.29, 1.82) is 0 Å². The molecule has 7 nitrogen and oxygen atoms in total. The topological polar surface area (TPSA) is 94.4 Å². The van der Waals surface area contributed by atoms with Crippen molar-refractivity contribution < 1.29 is 14.5 Å². The molecule has 0 bridgehead atoms. The number of ether oxygens (including phenoxy) is 1. The SMILES string of the molecule is CCOc1ccc(CCC(=O)Nc2nc3ccc([N+](=O)[O-])cc3s2)cc1. The summed E-state index contributed by atoms with van der Waals surface area (Å²) in [6.07, 6.45) is 0.929. The van der Waals surface area contributed by atoms with Gasteiger partial charge in [-0.05, 0) is 37.1 Å². The lowest BCUT2D eigenvalue weighted by atomic mass is 10.1. The Morgan fingerprint density at radius 2 is 2.04 bits per heavy atom. The summed E-state index contributed by atoms with van der Waals surface area (Å²) >= 11 is 1.22. The lowest BCUT2D eigenvalue weighted by Crippen LogP contribution is -2.12. The molecule has 134 valence electrons. The Bertz CT molecular complexity index is 937. The van der Waals surface area contributed by atoms with Crippen LogP contribution in [0.5, 0.6) is 5.75 Å². The molecule has 0 atom stereocenters. The van der Waals surface area contributed by atoms with Gasteiger partial charge >= 0.3 is 0 Å². The lowest BCUT2D eigenvalue weighted by molar-refractivity contribution is -0.384. The Morgan fingerprint density at radius 3 is 2.73 bits per heavy atom. The highest BCUT2D eigenvalue weighted by Gasteiger charge is 2.12. The Hall–Kier alpha value is -3.00. The second-order valence-corrected chi connectivity index (χ2v) is 6.58. The number of rotatable bonds is 7. The van der Waals surface area contributed by atoms with E-state index in [1.807, 2.05) is 31.2 Å². The van der Waals surface area contributed by atoms with Gasteiger partial charge < -0.3 is 10.1 Å². The van der Waals surface area contributed by atoms with E-state index >= 15 is 0 Å². The van der Waals surface area contributed by atoms with Crippen molar-refractivity contribution in [3.05, 3.63) is 58.1 Å². The Morgan fingerprint density at radius 1 is 1.27 bits per heavy atom. The minimum Gasteiger partial charge on any atom is -0.494 e. The largest absolute Gasteiger partial charge is 0.494 e. The summed E-state index contributed by atoms with van der Waals surface area (Å²) in [5, 5.41) is 14.0. The molecule has 1 N–H and O–H groups in total. The zero-order valence-electron chi connectivity index (χ0n) is 14.1. The first-order valence-electron chi connectivity index (χ1n) is 8.11. The smallest absolute Gasteiger partial charge is 0.270 e. The molecule has 0 saturated heterocycles. The van der Waals surface area contributed by atoms with Crippen LogP contribution in [0, 0.1) is 10.1 Å². The maximum Gasteiger partial charge on any atom is 0.270 e. The van der Waals surface area contributed by atoms with Crippen LogP contribution in [0.4, 0.5) is 10.8 Å². The van der Waals surface area contributed by atoms with Crippen LogP contribution in [-0.2, 0) is 11.2 Å². The highest BCUT2D eigenvalue weighted by molar-refractivity contribution is 7.22. The fraction of sp³-hybridized carbons (Fsp3) is 0.222. The van der Waals surface area contributed by atoms with E-state index in [1.165, 1.54) is 23.5 Å². The van der Waals surface area contributed by atoms with E-state index in [0.29, 0.717) is 34.8 Å². The molecule has 0 aliphatic rings. The van der Waals surface area contributed by atoms with Gasteiger partial charge in [-0.15, -0.1) is 0 Å². The van der Waals surface area contributed by atoms with Gasteiger partial charge in [-0.25, -0.2) is 4.98 Å². The maximum atomic E-state index is 12.1. The van der Waals surface area contributed by atoms with Gasteiger partial charge in [-0.2, -0.15) is 0 Å². The molecule has 26 heavy (non-hydrogen) atoms. The monoisotopic (exact) mass is 371 g/mol. The third-order valence-corrected chi connectivity index (χ3v) is 4.64. The zero-order chi connectivity index (χ0) is 18.5. The molecule has 0 aliphatic heterocycles. The van der Waals surface area contributed by atoms with Gasteiger partial charge in [-0.3, -0.25) is 14.9 Å². The van der Waals surface area contributed by atoms with Crippen molar-refractivity contribution in [3.8, 4) is 5.75 Å². The number of nitrogens with zero attached hydrogens (tertiary/aromatic N) is 2. The number of nitro groups is 1. The van der Waals surface area contributed by atoms with Gasteiger partial charge in [0.15, 0.2) is 5.13 Å². The first-order valence-corrected chi connectivity index (χ1v) is 8.93. The Kier molecular flexibility index (Phi) is 5.43. The second kappa shape index (κ2) is 7.92. The average Bonchev–Trinajstić information content (AvgIpc) is 3.02. The number of aryl methyl sites for hydroxylation is 1. The maximum absolute atomic E-state index is 12.1. The van der Waals surface area contributed by atoms with E-state index in [0.717, 1.165) is 11.3 Å².